The average Bonchev–Trinajstić information content (AvgIpc) is 3.37. The summed E-state index contributed by atoms with van der Waals surface area (Å²) in [5, 5.41) is 19.4. The smallest absolute Gasteiger partial charge is 0.475 e. The summed E-state index contributed by atoms with van der Waals surface area (Å²) in [6.07, 6.45) is 3.89. The van der Waals surface area contributed by atoms with E-state index in [4.69, 9.17) is 21.5 Å². The maximum absolute atomic E-state index is 12.2. The molecule has 1 aliphatic heterocycles. The maximum atomic E-state index is 12.2. The molecular formula is C21H20ClF3N4O3S. The molecule has 1 aromatic carbocycles. The number of alkyl halides is 3. The lowest BCUT2D eigenvalue weighted by atomic mass is 10.1. The number of aliphatic carboxylic acids is 1. The number of thiophene rings is 1. The van der Waals surface area contributed by atoms with E-state index in [-0.39, 0.29) is 5.91 Å². The molecule has 0 radical (unpaired) electrons. The number of carboxylic acids is 1. The van der Waals surface area contributed by atoms with Gasteiger partial charge in [-0.1, -0.05) is 29.8 Å². The van der Waals surface area contributed by atoms with Crippen LogP contribution in [0.1, 0.15) is 23.8 Å². The van der Waals surface area contributed by atoms with E-state index in [1.165, 1.54) is 6.08 Å². The Hall–Kier alpha value is -2.89. The normalized spacial score (nSPS) is 14.8. The largest absolute Gasteiger partial charge is 0.490 e. The van der Waals surface area contributed by atoms with Crippen molar-refractivity contribution in [2.45, 2.75) is 25.1 Å². The molecule has 0 aliphatic carbocycles. The topological polar surface area (TPSA) is 96.3 Å². The van der Waals surface area contributed by atoms with E-state index >= 15 is 0 Å². The second-order valence-corrected chi connectivity index (χ2v) is 8.55. The summed E-state index contributed by atoms with van der Waals surface area (Å²) in [6, 6.07) is 8.35. The minimum atomic E-state index is -5.08. The first kappa shape index (κ1) is 24.7. The van der Waals surface area contributed by atoms with Crippen molar-refractivity contribution in [3.63, 3.8) is 0 Å². The Kier molecular flexibility index (Phi) is 8.11. The van der Waals surface area contributed by atoms with Crippen LogP contribution in [0.3, 0.4) is 0 Å². The van der Waals surface area contributed by atoms with Gasteiger partial charge in [0.25, 0.3) is 0 Å². The summed E-state index contributed by atoms with van der Waals surface area (Å²) in [4.78, 5) is 22.0. The lowest BCUT2D eigenvalue weighted by Crippen LogP contribution is -2.29. The van der Waals surface area contributed by atoms with E-state index in [1.807, 2.05) is 35.1 Å². The minimum Gasteiger partial charge on any atom is -0.475 e. The van der Waals surface area contributed by atoms with Crippen LogP contribution in [-0.2, 0) is 9.59 Å². The summed E-state index contributed by atoms with van der Waals surface area (Å²) in [5.41, 5.74) is 0.709. The number of carboxylic acid groups (broad SMARTS) is 1. The number of benzene rings is 1. The summed E-state index contributed by atoms with van der Waals surface area (Å²) in [6.45, 7) is 2.01. The molecule has 0 atom stereocenters. The van der Waals surface area contributed by atoms with Crippen LogP contribution in [-0.4, -0.2) is 46.0 Å². The van der Waals surface area contributed by atoms with E-state index in [0.29, 0.717) is 16.8 Å². The molecule has 3 N–H and O–H groups in total. The second-order valence-electron chi connectivity index (χ2n) is 7.09. The van der Waals surface area contributed by atoms with Crippen molar-refractivity contribution in [1.82, 2.24) is 15.1 Å². The number of amides is 1. The summed E-state index contributed by atoms with van der Waals surface area (Å²) in [5.74, 6) is -2.95. The van der Waals surface area contributed by atoms with Crippen LogP contribution in [0.2, 0.25) is 5.02 Å². The number of carbonyl (C=O) groups is 2. The Balaban J connectivity index is 0.000000383. The Bertz CT molecular complexity index is 1150. The van der Waals surface area contributed by atoms with E-state index in [1.54, 1.807) is 23.6 Å². The molecule has 1 amide bonds. The van der Waals surface area contributed by atoms with Crippen molar-refractivity contribution in [3.8, 4) is 0 Å². The van der Waals surface area contributed by atoms with Crippen molar-refractivity contribution in [2.24, 2.45) is 0 Å². The molecule has 3 heterocycles. The molecule has 33 heavy (non-hydrogen) atoms. The second kappa shape index (κ2) is 10.8. The first-order valence-corrected chi connectivity index (χ1v) is 11.1. The fraction of sp³-hybridized carbons (Fsp3) is 0.286. The third kappa shape index (κ3) is 6.80. The van der Waals surface area contributed by atoms with Gasteiger partial charge in [0.15, 0.2) is 0 Å². The molecule has 4 rings (SSSR count). The molecule has 176 valence electrons. The molecule has 0 saturated carbocycles. The third-order valence-electron chi connectivity index (χ3n) is 4.74. The Morgan fingerprint density at radius 1 is 1.27 bits per heavy atom. The quantitative estimate of drug-likeness (QED) is 0.440. The summed E-state index contributed by atoms with van der Waals surface area (Å²) < 4.78 is 34.8. The molecule has 1 fully saturated rings. The van der Waals surface area contributed by atoms with Crippen LogP contribution in [0.25, 0.3) is 16.2 Å². The molecule has 3 aromatic rings. The number of carbonyl (C=O) groups excluding carboxylic acids is 1. The van der Waals surface area contributed by atoms with Crippen LogP contribution in [0.5, 0.6) is 0 Å². The fourth-order valence-corrected chi connectivity index (χ4v) is 4.55. The van der Waals surface area contributed by atoms with Crippen molar-refractivity contribution in [1.29, 1.82) is 0 Å². The van der Waals surface area contributed by atoms with E-state index in [0.717, 1.165) is 40.9 Å². The molecule has 1 saturated heterocycles. The molecule has 0 bridgehead atoms. The Labute approximate surface area is 195 Å². The zero-order chi connectivity index (χ0) is 24.0. The monoisotopic (exact) mass is 500 g/mol. The average molecular weight is 501 g/mol. The number of aromatic nitrogens is 2. The van der Waals surface area contributed by atoms with Gasteiger partial charge < -0.3 is 15.7 Å². The number of nitrogens with zero attached hydrogens (tertiary/aromatic N) is 2. The highest BCUT2D eigenvalue weighted by Gasteiger charge is 2.38. The molecular weight excluding hydrogens is 481 g/mol. The number of rotatable bonds is 4. The number of hydrogen-bond acceptors (Lipinski definition) is 5. The molecule has 7 nitrogen and oxygen atoms in total. The van der Waals surface area contributed by atoms with Gasteiger partial charge in [-0.2, -0.15) is 18.3 Å². The number of halogens is 4. The van der Waals surface area contributed by atoms with Crippen LogP contribution < -0.4 is 10.6 Å². The minimum absolute atomic E-state index is 0.191. The van der Waals surface area contributed by atoms with Gasteiger partial charge in [0, 0.05) is 27.2 Å². The van der Waals surface area contributed by atoms with Gasteiger partial charge in [-0.3, -0.25) is 9.48 Å². The van der Waals surface area contributed by atoms with Crippen molar-refractivity contribution < 1.29 is 27.9 Å². The molecule has 12 heteroatoms. The van der Waals surface area contributed by atoms with Gasteiger partial charge in [-0.25, -0.2) is 4.79 Å². The van der Waals surface area contributed by atoms with Gasteiger partial charge in [0.2, 0.25) is 5.91 Å². The maximum Gasteiger partial charge on any atom is 0.490 e. The van der Waals surface area contributed by atoms with E-state index in [9.17, 15) is 18.0 Å². The Morgan fingerprint density at radius 2 is 1.94 bits per heavy atom. The lowest BCUT2D eigenvalue weighted by Gasteiger charge is -2.22. The molecule has 0 unspecified atom stereocenters. The first-order chi connectivity index (χ1) is 15.6. The van der Waals surface area contributed by atoms with Gasteiger partial charge in [0.1, 0.15) is 0 Å². The fourth-order valence-electron chi connectivity index (χ4n) is 3.15. The number of piperidine rings is 1. The van der Waals surface area contributed by atoms with Crippen molar-refractivity contribution >= 4 is 56.7 Å². The Morgan fingerprint density at radius 3 is 2.58 bits per heavy atom. The number of nitrogens with one attached hydrogen (secondary N) is 2. The SMILES string of the molecule is O=C(/C=C/c1sc2ccccc2c1Cl)Nc1cnn(C2CCNCC2)c1.O=C(O)C(F)(F)F. The highest BCUT2D eigenvalue weighted by Crippen LogP contribution is 2.35. The standard InChI is InChI=1S/C19H19ClN4OS.C2HF3O2/c20-19-15-3-1-2-4-16(15)26-17(19)5-6-18(25)23-13-11-22-24(12-13)14-7-9-21-10-8-14;3-2(4,5)1(6)7/h1-6,11-12,14,21H,7-10H2,(H,23,25);(H,6,7)/b6-5+;. The van der Waals surface area contributed by atoms with Crippen LogP contribution in [0, 0.1) is 0 Å². The lowest BCUT2D eigenvalue weighted by molar-refractivity contribution is -0.192. The van der Waals surface area contributed by atoms with Gasteiger partial charge in [-0.05, 0) is 38.1 Å². The highest BCUT2D eigenvalue weighted by molar-refractivity contribution is 7.20. The molecule has 0 spiro atoms. The number of hydrogen-bond donors (Lipinski definition) is 3. The van der Waals surface area contributed by atoms with E-state index < -0.39 is 12.1 Å². The van der Waals surface area contributed by atoms with E-state index in [2.05, 4.69) is 15.7 Å². The zero-order valence-electron chi connectivity index (χ0n) is 17.1. The number of fused-ring (bicyclic) bond motifs is 1. The molecule has 2 aromatic heterocycles. The van der Waals surface area contributed by atoms with Crippen molar-refractivity contribution in [3.05, 3.63) is 52.6 Å². The summed E-state index contributed by atoms with van der Waals surface area (Å²) in [7, 11) is 0. The molecule has 1 aliphatic rings. The highest BCUT2D eigenvalue weighted by atomic mass is 35.5. The first-order valence-electron chi connectivity index (χ1n) is 9.86. The summed E-state index contributed by atoms with van der Waals surface area (Å²) >= 11 is 7.97. The zero-order valence-corrected chi connectivity index (χ0v) is 18.7. The predicted octanol–water partition coefficient (Wildman–Crippen LogP) is 4.96. The van der Waals surface area contributed by atoms with Gasteiger partial charge in [-0.15, -0.1) is 11.3 Å². The van der Waals surface area contributed by atoms with Crippen LogP contribution >= 0.6 is 22.9 Å². The number of anilines is 1. The van der Waals surface area contributed by atoms with Crippen molar-refractivity contribution in [2.75, 3.05) is 18.4 Å². The predicted molar refractivity (Wildman–Crippen MR) is 122 cm³/mol. The van der Waals surface area contributed by atoms with Crippen LogP contribution in [0.4, 0.5) is 18.9 Å². The van der Waals surface area contributed by atoms with Crippen LogP contribution in [0.15, 0.2) is 42.7 Å². The van der Waals surface area contributed by atoms with Gasteiger partial charge in [0.05, 0.1) is 22.9 Å². The van der Waals surface area contributed by atoms with Gasteiger partial charge >= 0.3 is 12.1 Å². The third-order valence-corrected chi connectivity index (χ3v) is 6.40.